The highest BCUT2D eigenvalue weighted by molar-refractivity contribution is 7.22. The van der Waals surface area contributed by atoms with Crippen molar-refractivity contribution < 1.29 is 9.63 Å². The number of hydrogen-bond donors (Lipinski definition) is 2. The molecule has 21 heavy (non-hydrogen) atoms. The van der Waals surface area contributed by atoms with E-state index in [2.05, 4.69) is 15.5 Å². The minimum absolute atomic E-state index is 0.209. The molecular formula is C14H16N4O2S. The summed E-state index contributed by atoms with van der Waals surface area (Å²) in [5, 5.41) is 7.26. The number of thiazole rings is 1. The van der Waals surface area contributed by atoms with E-state index in [9.17, 15) is 4.79 Å². The minimum Gasteiger partial charge on any atom is -0.379 e. The number of nitrogens with zero attached hydrogens (tertiary/aromatic N) is 2. The first-order valence-corrected chi connectivity index (χ1v) is 7.39. The Morgan fingerprint density at radius 1 is 1.48 bits per heavy atom. The predicted molar refractivity (Wildman–Crippen MR) is 84.6 cm³/mol. The minimum atomic E-state index is -0.945. The number of anilines is 2. The molecule has 0 fully saturated rings. The van der Waals surface area contributed by atoms with Gasteiger partial charge < -0.3 is 15.9 Å². The number of benzene rings is 1. The molecule has 1 aromatic heterocycles. The predicted octanol–water partition coefficient (Wildman–Crippen LogP) is 2.68. The van der Waals surface area contributed by atoms with Crippen LogP contribution in [0.3, 0.4) is 0 Å². The van der Waals surface area contributed by atoms with Crippen LogP contribution in [0, 0.1) is 6.92 Å². The van der Waals surface area contributed by atoms with Crippen molar-refractivity contribution >= 4 is 44.0 Å². The number of nitrogens with one attached hydrogen (secondary N) is 1. The summed E-state index contributed by atoms with van der Waals surface area (Å²) in [6.45, 7) is 5.52. The number of nitrogens with two attached hydrogens (primary N) is 1. The molecule has 1 amide bonds. The summed E-state index contributed by atoms with van der Waals surface area (Å²) in [6, 6.07) is 3.76. The Balaban J connectivity index is 1.86. The average Bonchev–Trinajstić information content (AvgIpc) is 2.93. The van der Waals surface area contributed by atoms with E-state index in [0.717, 1.165) is 21.5 Å². The van der Waals surface area contributed by atoms with Gasteiger partial charge in [0.1, 0.15) is 0 Å². The lowest BCUT2D eigenvalue weighted by Gasteiger charge is -2.20. The van der Waals surface area contributed by atoms with Gasteiger partial charge in [-0.05, 0) is 38.5 Å². The molecule has 3 rings (SSSR count). The first-order chi connectivity index (χ1) is 9.87. The van der Waals surface area contributed by atoms with Crippen molar-refractivity contribution in [3.05, 3.63) is 17.7 Å². The second-order valence-electron chi connectivity index (χ2n) is 5.47. The lowest BCUT2D eigenvalue weighted by Crippen LogP contribution is -2.40. The van der Waals surface area contributed by atoms with E-state index < -0.39 is 5.60 Å². The molecule has 1 atom stereocenters. The third-order valence-corrected chi connectivity index (χ3v) is 4.27. The lowest BCUT2D eigenvalue weighted by atomic mass is 9.99. The number of rotatable bonds is 2. The first-order valence-electron chi connectivity index (χ1n) is 6.57. The summed E-state index contributed by atoms with van der Waals surface area (Å²) in [5.41, 5.74) is 8.16. The van der Waals surface area contributed by atoms with E-state index in [1.165, 1.54) is 11.3 Å². The molecule has 7 heteroatoms. The molecule has 1 aliphatic heterocycles. The van der Waals surface area contributed by atoms with Gasteiger partial charge in [-0.3, -0.25) is 4.79 Å². The van der Waals surface area contributed by atoms with Crippen molar-refractivity contribution in [2.24, 2.45) is 5.16 Å². The van der Waals surface area contributed by atoms with Crippen LogP contribution in [0.25, 0.3) is 10.2 Å². The molecule has 0 aliphatic carbocycles. The van der Waals surface area contributed by atoms with E-state index in [0.29, 0.717) is 17.2 Å². The van der Waals surface area contributed by atoms with Crippen molar-refractivity contribution in [2.45, 2.75) is 32.8 Å². The van der Waals surface area contributed by atoms with Crippen molar-refractivity contribution in [1.29, 1.82) is 0 Å². The summed E-state index contributed by atoms with van der Waals surface area (Å²) in [7, 11) is 0. The number of amides is 1. The third-order valence-electron chi connectivity index (χ3n) is 3.44. The molecule has 0 saturated carbocycles. The van der Waals surface area contributed by atoms with Gasteiger partial charge in [0, 0.05) is 12.1 Å². The second kappa shape index (κ2) is 4.70. The highest BCUT2D eigenvalue weighted by Gasteiger charge is 2.40. The van der Waals surface area contributed by atoms with Crippen molar-refractivity contribution in [3.63, 3.8) is 0 Å². The van der Waals surface area contributed by atoms with Crippen LogP contribution in [0.4, 0.5) is 10.8 Å². The molecule has 1 unspecified atom stereocenters. The van der Waals surface area contributed by atoms with E-state index in [4.69, 9.17) is 10.6 Å². The Morgan fingerprint density at radius 2 is 2.24 bits per heavy atom. The fourth-order valence-corrected chi connectivity index (χ4v) is 3.25. The molecule has 110 valence electrons. The highest BCUT2D eigenvalue weighted by atomic mass is 32.1. The maximum absolute atomic E-state index is 12.4. The number of oxime groups is 1. The van der Waals surface area contributed by atoms with Crippen LogP contribution < -0.4 is 11.1 Å². The van der Waals surface area contributed by atoms with Gasteiger partial charge in [0.05, 0.1) is 15.9 Å². The first kappa shape index (κ1) is 13.8. The number of carbonyl (C=O) groups excluding carboxylic acids is 1. The highest BCUT2D eigenvalue weighted by Crippen LogP contribution is 2.31. The topological polar surface area (TPSA) is 89.6 Å². The average molecular weight is 304 g/mol. The molecule has 0 bridgehead atoms. The second-order valence-corrected chi connectivity index (χ2v) is 6.53. The van der Waals surface area contributed by atoms with Crippen LogP contribution in [0.15, 0.2) is 17.3 Å². The summed E-state index contributed by atoms with van der Waals surface area (Å²) >= 11 is 1.40. The summed E-state index contributed by atoms with van der Waals surface area (Å²) in [6.07, 6.45) is 0.494. The SMILES string of the molecule is CC1=NOC(C)(C(=O)Nc2cc(C)c3nc(N)sc3c2)C1. The monoisotopic (exact) mass is 304 g/mol. The van der Waals surface area contributed by atoms with Gasteiger partial charge in [-0.25, -0.2) is 4.98 Å². The fraction of sp³-hybridized carbons (Fsp3) is 0.357. The maximum atomic E-state index is 12.4. The van der Waals surface area contributed by atoms with Crippen LogP contribution in [0.2, 0.25) is 0 Å². The molecule has 0 saturated heterocycles. The molecule has 1 aliphatic rings. The van der Waals surface area contributed by atoms with Gasteiger partial charge in [0.2, 0.25) is 5.60 Å². The molecule has 1 aromatic carbocycles. The number of aryl methyl sites for hydroxylation is 1. The smallest absolute Gasteiger partial charge is 0.271 e. The molecular weight excluding hydrogens is 288 g/mol. The molecule has 6 nitrogen and oxygen atoms in total. The summed E-state index contributed by atoms with van der Waals surface area (Å²) in [5.74, 6) is -0.209. The molecule has 0 spiro atoms. The molecule has 3 N–H and O–H groups in total. The standard InChI is InChI=1S/C14H16N4O2S/c1-7-4-9(5-10-11(7)17-13(15)21-10)16-12(19)14(3)6-8(2)18-20-14/h4-5H,6H2,1-3H3,(H2,15,17)(H,16,19). The Morgan fingerprint density at radius 3 is 2.90 bits per heavy atom. The van der Waals surface area contributed by atoms with Crippen LogP contribution in [0.1, 0.15) is 25.8 Å². The van der Waals surface area contributed by atoms with Crippen molar-refractivity contribution in [3.8, 4) is 0 Å². The van der Waals surface area contributed by atoms with Crippen LogP contribution in [0.5, 0.6) is 0 Å². The molecule has 2 aromatic rings. The zero-order valence-electron chi connectivity index (χ0n) is 12.1. The number of carbonyl (C=O) groups is 1. The fourth-order valence-electron chi connectivity index (χ4n) is 2.40. The Bertz CT molecular complexity index is 768. The Hall–Kier alpha value is -2.15. The quantitative estimate of drug-likeness (QED) is 0.892. The zero-order chi connectivity index (χ0) is 15.2. The van der Waals surface area contributed by atoms with E-state index >= 15 is 0 Å². The van der Waals surface area contributed by atoms with E-state index in [1.807, 2.05) is 26.0 Å². The zero-order valence-corrected chi connectivity index (χ0v) is 12.9. The summed E-state index contributed by atoms with van der Waals surface area (Å²) < 4.78 is 0.952. The maximum Gasteiger partial charge on any atom is 0.271 e. The number of hydrogen-bond acceptors (Lipinski definition) is 6. The van der Waals surface area contributed by atoms with E-state index in [1.54, 1.807) is 6.92 Å². The summed E-state index contributed by atoms with van der Waals surface area (Å²) in [4.78, 5) is 21.9. The Kier molecular flexibility index (Phi) is 3.09. The third kappa shape index (κ3) is 2.44. The number of nitrogen functional groups attached to an aromatic ring is 1. The lowest BCUT2D eigenvalue weighted by molar-refractivity contribution is -0.135. The normalized spacial score (nSPS) is 21.2. The largest absolute Gasteiger partial charge is 0.379 e. The molecule has 2 heterocycles. The van der Waals surface area contributed by atoms with Gasteiger partial charge >= 0.3 is 0 Å². The van der Waals surface area contributed by atoms with Gasteiger partial charge in [-0.1, -0.05) is 16.5 Å². The van der Waals surface area contributed by atoms with Gasteiger partial charge in [0.25, 0.3) is 5.91 Å². The number of aromatic nitrogens is 1. The van der Waals surface area contributed by atoms with Gasteiger partial charge in [-0.2, -0.15) is 0 Å². The van der Waals surface area contributed by atoms with Crippen LogP contribution in [-0.2, 0) is 9.63 Å². The van der Waals surface area contributed by atoms with E-state index in [-0.39, 0.29) is 5.91 Å². The van der Waals surface area contributed by atoms with Crippen molar-refractivity contribution in [1.82, 2.24) is 4.98 Å². The van der Waals surface area contributed by atoms with Gasteiger partial charge in [0.15, 0.2) is 5.13 Å². The van der Waals surface area contributed by atoms with Crippen LogP contribution >= 0.6 is 11.3 Å². The van der Waals surface area contributed by atoms with Gasteiger partial charge in [-0.15, -0.1) is 0 Å². The molecule has 0 radical (unpaired) electrons. The number of fused-ring (bicyclic) bond motifs is 1. The Labute approximate surface area is 126 Å². The van der Waals surface area contributed by atoms with Crippen LogP contribution in [-0.4, -0.2) is 22.2 Å². The van der Waals surface area contributed by atoms with Crippen molar-refractivity contribution in [2.75, 3.05) is 11.1 Å².